The predicted octanol–water partition coefficient (Wildman–Crippen LogP) is 3.91. The lowest BCUT2D eigenvalue weighted by atomic mass is 10.1. The van der Waals surface area contributed by atoms with Gasteiger partial charge in [-0.15, -0.1) is 0 Å². The first-order valence-electron chi connectivity index (χ1n) is 6.83. The van der Waals surface area contributed by atoms with E-state index in [0.717, 1.165) is 22.4 Å². The van der Waals surface area contributed by atoms with E-state index in [1.165, 1.54) is 11.1 Å². The Kier molecular flexibility index (Phi) is 3.22. The third kappa shape index (κ3) is 2.40. The summed E-state index contributed by atoms with van der Waals surface area (Å²) in [6.45, 7) is 6.10. The van der Waals surface area contributed by atoms with Gasteiger partial charge in [0.25, 0.3) is 5.89 Å². The van der Waals surface area contributed by atoms with Gasteiger partial charge in [0.2, 0.25) is 5.82 Å². The number of hydrogen-bond donors (Lipinski definition) is 1. The Morgan fingerprint density at radius 1 is 1.00 bits per heavy atom. The van der Waals surface area contributed by atoms with Crippen LogP contribution in [-0.2, 0) is 0 Å². The Morgan fingerprint density at radius 3 is 2.57 bits per heavy atom. The Hall–Kier alpha value is -2.62. The van der Waals surface area contributed by atoms with E-state index in [1.807, 2.05) is 31.2 Å². The number of aromatic nitrogens is 2. The molecule has 3 rings (SSSR count). The monoisotopic (exact) mass is 279 g/mol. The molecule has 0 amide bonds. The van der Waals surface area contributed by atoms with Crippen LogP contribution in [0.2, 0.25) is 0 Å². The van der Waals surface area contributed by atoms with E-state index >= 15 is 0 Å². The molecular formula is C17H17N3O. The molecule has 0 aliphatic heterocycles. The third-order valence-corrected chi connectivity index (χ3v) is 3.80. The van der Waals surface area contributed by atoms with Gasteiger partial charge in [0.05, 0.1) is 0 Å². The van der Waals surface area contributed by atoms with Gasteiger partial charge in [0.1, 0.15) is 0 Å². The van der Waals surface area contributed by atoms with Crippen LogP contribution in [0.4, 0.5) is 5.69 Å². The molecule has 3 aromatic rings. The average molecular weight is 279 g/mol. The Balaban J connectivity index is 2.03. The van der Waals surface area contributed by atoms with Gasteiger partial charge in [-0.3, -0.25) is 0 Å². The van der Waals surface area contributed by atoms with Crippen LogP contribution in [0.3, 0.4) is 0 Å². The molecule has 0 aliphatic carbocycles. The van der Waals surface area contributed by atoms with Crippen molar-refractivity contribution in [2.75, 3.05) is 5.73 Å². The minimum Gasteiger partial charge on any atom is -0.398 e. The minimum atomic E-state index is 0.523. The first-order chi connectivity index (χ1) is 10.1. The Labute approximate surface area is 123 Å². The number of hydrogen-bond acceptors (Lipinski definition) is 4. The predicted molar refractivity (Wildman–Crippen MR) is 83.8 cm³/mol. The van der Waals surface area contributed by atoms with E-state index in [-0.39, 0.29) is 0 Å². The molecule has 0 atom stereocenters. The van der Waals surface area contributed by atoms with Crippen molar-refractivity contribution in [2.24, 2.45) is 0 Å². The summed E-state index contributed by atoms with van der Waals surface area (Å²) in [5.41, 5.74) is 11.9. The molecule has 106 valence electrons. The van der Waals surface area contributed by atoms with Gasteiger partial charge in [-0.2, -0.15) is 4.98 Å². The number of rotatable bonds is 2. The Morgan fingerprint density at radius 2 is 1.81 bits per heavy atom. The summed E-state index contributed by atoms with van der Waals surface area (Å²) in [7, 11) is 0. The maximum absolute atomic E-state index is 5.93. The zero-order valence-electron chi connectivity index (χ0n) is 12.3. The summed E-state index contributed by atoms with van der Waals surface area (Å²) in [5.74, 6) is 1.09. The maximum atomic E-state index is 5.93. The first kappa shape index (κ1) is 13.4. The van der Waals surface area contributed by atoms with Crippen LogP contribution in [0.5, 0.6) is 0 Å². The highest BCUT2D eigenvalue weighted by atomic mass is 16.5. The van der Waals surface area contributed by atoms with Crippen molar-refractivity contribution >= 4 is 5.69 Å². The lowest BCUT2D eigenvalue weighted by molar-refractivity contribution is 0.432. The number of aryl methyl sites for hydroxylation is 2. The van der Waals surface area contributed by atoms with Crippen molar-refractivity contribution in [3.05, 3.63) is 53.1 Å². The van der Waals surface area contributed by atoms with Crippen LogP contribution < -0.4 is 5.73 Å². The van der Waals surface area contributed by atoms with Gasteiger partial charge in [0.15, 0.2) is 0 Å². The van der Waals surface area contributed by atoms with Crippen LogP contribution in [0.15, 0.2) is 40.9 Å². The molecule has 0 bridgehead atoms. The maximum Gasteiger partial charge on any atom is 0.258 e. The topological polar surface area (TPSA) is 64.9 Å². The van der Waals surface area contributed by atoms with Gasteiger partial charge in [0, 0.05) is 16.8 Å². The molecule has 21 heavy (non-hydrogen) atoms. The second kappa shape index (κ2) is 5.05. The SMILES string of the molecule is Cc1ccc(-c2nc(-c3cccc(N)c3C)no2)cc1C. The van der Waals surface area contributed by atoms with Crippen molar-refractivity contribution < 1.29 is 4.52 Å². The molecule has 4 nitrogen and oxygen atoms in total. The van der Waals surface area contributed by atoms with Gasteiger partial charge in [-0.25, -0.2) is 0 Å². The summed E-state index contributed by atoms with van der Waals surface area (Å²) in [4.78, 5) is 4.49. The summed E-state index contributed by atoms with van der Waals surface area (Å²) in [6.07, 6.45) is 0. The number of nitrogen functional groups attached to an aromatic ring is 1. The fraction of sp³-hybridized carbons (Fsp3) is 0.176. The van der Waals surface area contributed by atoms with Crippen LogP contribution >= 0.6 is 0 Å². The number of nitrogens with two attached hydrogens (primary N) is 1. The molecule has 0 aliphatic rings. The van der Waals surface area contributed by atoms with Gasteiger partial charge < -0.3 is 10.3 Å². The van der Waals surface area contributed by atoms with Crippen molar-refractivity contribution in [3.8, 4) is 22.8 Å². The van der Waals surface area contributed by atoms with Crippen molar-refractivity contribution in [1.82, 2.24) is 10.1 Å². The summed E-state index contributed by atoms with van der Waals surface area (Å²) >= 11 is 0. The lowest BCUT2D eigenvalue weighted by Gasteiger charge is -2.03. The average Bonchev–Trinajstić information content (AvgIpc) is 2.94. The second-order valence-corrected chi connectivity index (χ2v) is 5.24. The van der Waals surface area contributed by atoms with E-state index in [9.17, 15) is 0 Å². The van der Waals surface area contributed by atoms with Crippen molar-refractivity contribution in [1.29, 1.82) is 0 Å². The summed E-state index contributed by atoms with van der Waals surface area (Å²) in [6, 6.07) is 11.8. The van der Waals surface area contributed by atoms with Gasteiger partial charge >= 0.3 is 0 Å². The van der Waals surface area contributed by atoms with E-state index in [0.29, 0.717) is 11.7 Å². The molecule has 0 radical (unpaired) electrons. The molecule has 0 saturated carbocycles. The van der Waals surface area contributed by atoms with Gasteiger partial charge in [-0.05, 0) is 55.7 Å². The molecule has 0 unspecified atom stereocenters. The van der Waals surface area contributed by atoms with Crippen LogP contribution in [-0.4, -0.2) is 10.1 Å². The summed E-state index contributed by atoms with van der Waals surface area (Å²) in [5, 5.41) is 4.08. The highest BCUT2D eigenvalue weighted by Gasteiger charge is 2.13. The second-order valence-electron chi connectivity index (χ2n) is 5.24. The van der Waals surface area contributed by atoms with Gasteiger partial charge in [-0.1, -0.05) is 23.4 Å². The highest BCUT2D eigenvalue weighted by Crippen LogP contribution is 2.27. The zero-order chi connectivity index (χ0) is 15.0. The number of anilines is 1. The van der Waals surface area contributed by atoms with Crippen molar-refractivity contribution in [3.63, 3.8) is 0 Å². The first-order valence-corrected chi connectivity index (χ1v) is 6.83. The largest absolute Gasteiger partial charge is 0.398 e. The molecule has 0 spiro atoms. The lowest BCUT2D eigenvalue weighted by Crippen LogP contribution is -1.93. The number of nitrogens with zero attached hydrogens (tertiary/aromatic N) is 2. The normalized spacial score (nSPS) is 10.8. The number of benzene rings is 2. The molecule has 2 aromatic carbocycles. The van der Waals surface area contributed by atoms with E-state index in [1.54, 1.807) is 0 Å². The fourth-order valence-corrected chi connectivity index (χ4v) is 2.22. The van der Waals surface area contributed by atoms with Crippen LogP contribution in [0.1, 0.15) is 16.7 Å². The standard InChI is InChI=1S/C17H17N3O/c1-10-7-8-13(9-11(10)2)17-19-16(20-21-17)14-5-4-6-15(18)12(14)3/h4-9H,18H2,1-3H3. The van der Waals surface area contributed by atoms with E-state index in [2.05, 4.69) is 36.1 Å². The molecule has 0 fully saturated rings. The van der Waals surface area contributed by atoms with Crippen LogP contribution in [0, 0.1) is 20.8 Å². The molecule has 2 N–H and O–H groups in total. The molecular weight excluding hydrogens is 262 g/mol. The zero-order valence-corrected chi connectivity index (χ0v) is 12.3. The Bertz CT molecular complexity index is 806. The molecule has 1 aromatic heterocycles. The van der Waals surface area contributed by atoms with Crippen molar-refractivity contribution in [2.45, 2.75) is 20.8 Å². The quantitative estimate of drug-likeness (QED) is 0.722. The van der Waals surface area contributed by atoms with E-state index < -0.39 is 0 Å². The minimum absolute atomic E-state index is 0.523. The smallest absolute Gasteiger partial charge is 0.258 e. The van der Waals surface area contributed by atoms with E-state index in [4.69, 9.17) is 10.3 Å². The fourth-order valence-electron chi connectivity index (χ4n) is 2.22. The highest BCUT2D eigenvalue weighted by molar-refractivity contribution is 5.69. The van der Waals surface area contributed by atoms with Crippen LogP contribution in [0.25, 0.3) is 22.8 Å². The molecule has 1 heterocycles. The molecule has 0 saturated heterocycles. The molecule has 4 heteroatoms. The summed E-state index contributed by atoms with van der Waals surface area (Å²) < 4.78 is 5.39. The third-order valence-electron chi connectivity index (χ3n) is 3.80.